The zero-order valence-electron chi connectivity index (χ0n) is 22.0. The number of piperidine rings is 1. The number of nitrogens with one attached hydrogen (secondary N) is 1. The van der Waals surface area contributed by atoms with Gasteiger partial charge in [-0.3, -0.25) is 14.4 Å². The Morgan fingerprint density at radius 1 is 1.00 bits per heavy atom. The molecule has 3 aliphatic carbocycles. The number of hydrogen-bond acceptors (Lipinski definition) is 3. The van der Waals surface area contributed by atoms with Crippen molar-refractivity contribution >= 4 is 17.6 Å². The van der Waals surface area contributed by atoms with Crippen molar-refractivity contribution in [2.45, 2.75) is 90.5 Å². The first-order chi connectivity index (χ1) is 17.2. The van der Waals surface area contributed by atoms with Gasteiger partial charge in [0.15, 0.2) is 5.78 Å². The topological polar surface area (TPSA) is 66.5 Å². The van der Waals surface area contributed by atoms with Gasteiger partial charge in [0.25, 0.3) is 5.91 Å². The Labute approximate surface area is 214 Å². The van der Waals surface area contributed by atoms with Crippen LogP contribution in [0.5, 0.6) is 0 Å². The summed E-state index contributed by atoms with van der Waals surface area (Å²) in [6, 6.07) is 4.57. The molecule has 1 aromatic carbocycles. The van der Waals surface area contributed by atoms with Crippen molar-refractivity contribution in [1.82, 2.24) is 10.2 Å². The summed E-state index contributed by atoms with van der Waals surface area (Å²) in [6.07, 6.45) is 9.04. The Hall–Kier alpha value is -2.24. The van der Waals surface area contributed by atoms with Crippen LogP contribution in [0.3, 0.4) is 0 Å². The first kappa shape index (κ1) is 25.4. The van der Waals surface area contributed by atoms with Crippen molar-refractivity contribution < 1.29 is 18.8 Å². The van der Waals surface area contributed by atoms with Gasteiger partial charge in [0.05, 0.1) is 11.6 Å². The van der Waals surface area contributed by atoms with Crippen molar-refractivity contribution in [3.8, 4) is 0 Å². The van der Waals surface area contributed by atoms with Crippen LogP contribution in [0.2, 0.25) is 0 Å². The second kappa shape index (κ2) is 9.90. The summed E-state index contributed by atoms with van der Waals surface area (Å²) in [4.78, 5) is 41.4. The number of ketones is 1. The van der Waals surface area contributed by atoms with Crippen LogP contribution in [0.4, 0.5) is 4.39 Å². The Morgan fingerprint density at radius 2 is 1.64 bits per heavy atom. The minimum absolute atomic E-state index is 0.0280. The zero-order valence-corrected chi connectivity index (χ0v) is 22.0. The predicted octanol–water partition coefficient (Wildman–Crippen LogP) is 5.48. The molecule has 1 unspecified atom stereocenters. The minimum Gasteiger partial charge on any atom is -0.342 e. The number of rotatable bonds is 7. The molecule has 1 N–H and O–H groups in total. The van der Waals surface area contributed by atoms with Gasteiger partial charge in [-0.05, 0) is 73.8 Å². The largest absolute Gasteiger partial charge is 0.342 e. The molecular weight excluding hydrogens is 455 g/mol. The highest BCUT2D eigenvalue weighted by Crippen LogP contribution is 2.52. The highest BCUT2D eigenvalue weighted by atomic mass is 19.1. The molecule has 2 bridgehead atoms. The van der Waals surface area contributed by atoms with Crippen molar-refractivity contribution in [3.63, 3.8) is 0 Å². The lowest BCUT2D eigenvalue weighted by Crippen LogP contribution is -2.48. The molecule has 36 heavy (non-hydrogen) atoms. The van der Waals surface area contributed by atoms with Crippen molar-refractivity contribution in [2.24, 2.45) is 29.1 Å². The normalized spacial score (nSPS) is 28.1. The fraction of sp³-hybridized carbons (Fsp3) is 0.700. The number of benzene rings is 1. The number of nitrogens with zero attached hydrogens (tertiary/aromatic N) is 1. The maximum absolute atomic E-state index is 16.0. The number of hydrogen-bond donors (Lipinski definition) is 1. The van der Waals surface area contributed by atoms with E-state index < -0.39 is 17.8 Å². The summed E-state index contributed by atoms with van der Waals surface area (Å²) in [6.45, 7) is 7.13. The summed E-state index contributed by atoms with van der Waals surface area (Å²) in [7, 11) is 0. The number of carbonyl (C=O) groups excluding carboxylic acids is 3. The van der Waals surface area contributed by atoms with Gasteiger partial charge >= 0.3 is 0 Å². The maximum atomic E-state index is 16.0. The third-order valence-corrected chi connectivity index (χ3v) is 9.55. The first-order valence-electron chi connectivity index (χ1n) is 14.1. The van der Waals surface area contributed by atoms with E-state index in [1.54, 1.807) is 12.1 Å². The molecule has 1 aliphatic heterocycles. The Balaban J connectivity index is 1.34. The second-order valence-electron chi connectivity index (χ2n) is 12.5. The molecule has 1 aromatic rings. The number of Topliss-reactive ketones (excluding diaryl/α,β-unsaturated/α-hetero) is 1. The number of halogens is 1. The zero-order chi connectivity index (χ0) is 25.6. The van der Waals surface area contributed by atoms with E-state index in [2.05, 4.69) is 12.2 Å². The van der Waals surface area contributed by atoms with Crippen LogP contribution in [0.15, 0.2) is 18.2 Å². The van der Waals surface area contributed by atoms with Gasteiger partial charge in [0, 0.05) is 24.4 Å². The van der Waals surface area contributed by atoms with Crippen LogP contribution in [0.25, 0.3) is 0 Å². The van der Waals surface area contributed by atoms with Gasteiger partial charge in [-0.15, -0.1) is 0 Å². The van der Waals surface area contributed by atoms with E-state index in [4.69, 9.17) is 0 Å². The molecule has 1 heterocycles. The molecule has 0 radical (unpaired) electrons. The van der Waals surface area contributed by atoms with Crippen molar-refractivity contribution in [1.29, 1.82) is 0 Å². The fourth-order valence-electron chi connectivity index (χ4n) is 7.13. The highest BCUT2D eigenvalue weighted by molar-refractivity contribution is 5.98. The molecule has 4 atom stereocenters. The van der Waals surface area contributed by atoms with E-state index in [0.29, 0.717) is 18.7 Å². The maximum Gasteiger partial charge on any atom is 0.254 e. The molecule has 6 heteroatoms. The van der Waals surface area contributed by atoms with E-state index in [-0.39, 0.29) is 52.3 Å². The van der Waals surface area contributed by atoms with Gasteiger partial charge in [0.1, 0.15) is 5.82 Å². The van der Waals surface area contributed by atoms with E-state index in [0.717, 1.165) is 57.8 Å². The van der Waals surface area contributed by atoms with Crippen LogP contribution in [-0.4, -0.2) is 41.6 Å². The quantitative estimate of drug-likeness (QED) is 0.543. The van der Waals surface area contributed by atoms with Crippen molar-refractivity contribution in [3.05, 3.63) is 35.1 Å². The van der Waals surface area contributed by atoms with Gasteiger partial charge in [0.2, 0.25) is 5.91 Å². The molecule has 1 saturated heterocycles. The monoisotopic (exact) mass is 496 g/mol. The average Bonchev–Trinajstić information content (AvgIpc) is 3.58. The number of fused-ring (bicyclic) bond motifs is 2. The smallest absolute Gasteiger partial charge is 0.254 e. The lowest BCUT2D eigenvalue weighted by Gasteiger charge is -2.39. The SMILES string of the molecule is CC(C)C(=O)[C@H](NC(=O)c1cccc(C2[C@@H]3CC[C@H]2CN(C(=O)C2(C)CC2)C3)c1F)C1CCCCC1. The molecule has 3 saturated carbocycles. The Kier molecular flexibility index (Phi) is 6.99. The van der Waals surface area contributed by atoms with E-state index >= 15 is 4.39 Å². The molecular formula is C30H41FN2O3. The third-order valence-electron chi connectivity index (χ3n) is 9.55. The molecule has 5 rings (SSSR count). The van der Waals surface area contributed by atoms with Gasteiger partial charge in [-0.2, -0.15) is 0 Å². The van der Waals surface area contributed by atoms with Crippen LogP contribution in [-0.2, 0) is 9.59 Å². The average molecular weight is 497 g/mol. The van der Waals surface area contributed by atoms with Crippen LogP contribution in [0.1, 0.15) is 100 Å². The molecule has 2 amide bonds. The van der Waals surface area contributed by atoms with Crippen LogP contribution < -0.4 is 5.32 Å². The molecule has 0 spiro atoms. The molecule has 5 nitrogen and oxygen atoms in total. The minimum atomic E-state index is -0.560. The summed E-state index contributed by atoms with van der Waals surface area (Å²) in [5.41, 5.74) is 0.454. The van der Waals surface area contributed by atoms with Gasteiger partial charge in [-0.25, -0.2) is 4.39 Å². The second-order valence-corrected chi connectivity index (χ2v) is 12.5. The Morgan fingerprint density at radius 3 is 2.22 bits per heavy atom. The number of carbonyl (C=O) groups is 3. The highest BCUT2D eigenvalue weighted by Gasteiger charge is 2.51. The third kappa shape index (κ3) is 4.72. The number of amides is 2. The lowest BCUT2D eigenvalue weighted by molar-refractivity contribution is -0.138. The van der Waals surface area contributed by atoms with Crippen LogP contribution in [0, 0.1) is 34.9 Å². The first-order valence-corrected chi connectivity index (χ1v) is 14.1. The van der Waals surface area contributed by atoms with E-state index in [1.165, 1.54) is 0 Å². The summed E-state index contributed by atoms with van der Waals surface area (Å²) < 4.78 is 16.0. The summed E-state index contributed by atoms with van der Waals surface area (Å²) >= 11 is 0. The van der Waals surface area contributed by atoms with Crippen molar-refractivity contribution in [2.75, 3.05) is 13.1 Å². The molecule has 4 fully saturated rings. The summed E-state index contributed by atoms with van der Waals surface area (Å²) in [5.74, 6) is -0.238. The van der Waals surface area contributed by atoms with E-state index in [9.17, 15) is 14.4 Å². The van der Waals surface area contributed by atoms with Gasteiger partial charge in [-0.1, -0.05) is 52.2 Å². The molecule has 196 valence electrons. The summed E-state index contributed by atoms with van der Waals surface area (Å²) in [5, 5.41) is 2.96. The fourth-order valence-corrected chi connectivity index (χ4v) is 7.13. The number of likely N-dealkylation sites (tertiary alicyclic amines) is 1. The van der Waals surface area contributed by atoms with Crippen LogP contribution >= 0.6 is 0 Å². The van der Waals surface area contributed by atoms with E-state index in [1.807, 2.05) is 24.8 Å². The predicted molar refractivity (Wildman–Crippen MR) is 137 cm³/mol. The molecule has 0 aromatic heterocycles. The van der Waals surface area contributed by atoms with Gasteiger partial charge < -0.3 is 10.2 Å². The standard InChI is InChI=1S/C30H41FN2O3/c1-18(2)27(34)26(19-8-5-4-6-9-19)32-28(35)23-11-7-10-22(25(23)31)24-20-12-13-21(24)17-33(16-20)29(36)30(3)14-15-30/h7,10-11,18-21,24,26H,4-6,8-9,12-17H2,1-3H3,(H,32,35)/t20-,21+,24?,26-/m1/s1. The molecule has 4 aliphatic rings. The Bertz CT molecular complexity index is 1010. The lowest BCUT2D eigenvalue weighted by atomic mass is 9.78.